The molecule has 0 spiro atoms. The minimum atomic E-state index is -0.371. The number of aliphatic hydroxyl groups excluding tert-OH is 1. The van der Waals surface area contributed by atoms with Crippen LogP contribution in [0.1, 0.15) is 44.9 Å². The summed E-state index contributed by atoms with van der Waals surface area (Å²) in [6.07, 6.45) is 8.14. The van der Waals surface area contributed by atoms with E-state index in [2.05, 4.69) is 5.32 Å². The van der Waals surface area contributed by atoms with E-state index in [1.807, 2.05) is 0 Å². The number of allylic oxidation sites excluding steroid dienone is 3. The van der Waals surface area contributed by atoms with Crippen LogP contribution in [0.5, 0.6) is 0 Å². The lowest BCUT2D eigenvalue weighted by molar-refractivity contribution is 0.176. The van der Waals surface area contributed by atoms with E-state index in [0.29, 0.717) is 0 Å². The molecule has 0 saturated carbocycles. The van der Waals surface area contributed by atoms with Gasteiger partial charge in [0.25, 0.3) is 0 Å². The van der Waals surface area contributed by atoms with Crippen LogP contribution in [0.25, 0.3) is 0 Å². The quantitative estimate of drug-likeness (QED) is 0.615. The molecular formula is C12H17NO. The molecule has 3 aliphatic rings. The van der Waals surface area contributed by atoms with Gasteiger partial charge in [-0.15, -0.1) is 0 Å². The Balaban J connectivity index is 2.03. The second-order valence-electron chi connectivity index (χ2n) is 4.57. The molecule has 0 aromatic carbocycles. The summed E-state index contributed by atoms with van der Waals surface area (Å²) in [4.78, 5) is 0. The zero-order valence-corrected chi connectivity index (χ0v) is 8.47. The molecule has 2 N–H and O–H groups in total. The molecule has 1 unspecified atom stereocenters. The fraction of sp³-hybridized carbons (Fsp3) is 0.667. The Morgan fingerprint density at radius 1 is 0.929 bits per heavy atom. The molecule has 0 aromatic heterocycles. The van der Waals surface area contributed by atoms with Gasteiger partial charge in [-0.1, -0.05) is 0 Å². The highest BCUT2D eigenvalue weighted by Gasteiger charge is 2.30. The summed E-state index contributed by atoms with van der Waals surface area (Å²) in [6.45, 7) is 0. The average Bonchev–Trinajstić information content (AvgIpc) is 2.67. The lowest BCUT2D eigenvalue weighted by atomic mass is 9.86. The highest BCUT2D eigenvalue weighted by atomic mass is 16.3. The molecule has 2 aliphatic carbocycles. The first-order valence-electron chi connectivity index (χ1n) is 5.75. The number of dihydropyridines is 1. The number of hydrogen-bond donors (Lipinski definition) is 2. The zero-order valence-electron chi connectivity index (χ0n) is 8.47. The highest BCUT2D eigenvalue weighted by Crippen LogP contribution is 2.41. The number of nitrogens with one attached hydrogen (secondary N) is 1. The molecular weight excluding hydrogens is 174 g/mol. The fourth-order valence-electron chi connectivity index (χ4n) is 3.06. The van der Waals surface area contributed by atoms with Crippen molar-refractivity contribution in [3.8, 4) is 0 Å². The standard InChI is InChI=1S/C12H17NO/c14-12-10-6-3-5-8(10)9-4-1-2-7-11(9)13-12/h12-14H,1-7H2. The molecule has 0 amide bonds. The molecule has 3 rings (SSSR count). The largest absolute Gasteiger partial charge is 0.370 e. The Labute approximate surface area is 84.7 Å². The van der Waals surface area contributed by atoms with E-state index in [1.165, 1.54) is 48.9 Å². The third-order valence-corrected chi connectivity index (χ3v) is 3.73. The van der Waals surface area contributed by atoms with Crippen LogP contribution < -0.4 is 5.32 Å². The third kappa shape index (κ3) is 1.13. The van der Waals surface area contributed by atoms with E-state index >= 15 is 0 Å². The van der Waals surface area contributed by atoms with Crippen LogP contribution in [-0.2, 0) is 0 Å². The Morgan fingerprint density at radius 2 is 1.71 bits per heavy atom. The molecule has 76 valence electrons. The maximum absolute atomic E-state index is 9.92. The Bertz CT molecular complexity index is 327. The Morgan fingerprint density at radius 3 is 2.64 bits per heavy atom. The normalized spacial score (nSPS) is 31.4. The van der Waals surface area contributed by atoms with Gasteiger partial charge in [0.1, 0.15) is 6.23 Å². The molecule has 0 bridgehead atoms. The summed E-state index contributed by atoms with van der Waals surface area (Å²) in [6, 6.07) is 0. The van der Waals surface area contributed by atoms with Crippen molar-refractivity contribution in [2.75, 3.05) is 0 Å². The molecule has 1 aliphatic heterocycles. The Hall–Kier alpha value is -0.760. The average molecular weight is 191 g/mol. The van der Waals surface area contributed by atoms with Gasteiger partial charge in [-0.3, -0.25) is 0 Å². The van der Waals surface area contributed by atoms with Crippen molar-refractivity contribution in [3.05, 3.63) is 22.4 Å². The fourth-order valence-corrected chi connectivity index (χ4v) is 3.06. The van der Waals surface area contributed by atoms with Crippen LogP contribution in [0, 0.1) is 0 Å². The van der Waals surface area contributed by atoms with Crippen molar-refractivity contribution in [1.82, 2.24) is 5.32 Å². The molecule has 2 heteroatoms. The van der Waals surface area contributed by atoms with E-state index in [1.54, 1.807) is 5.57 Å². The lowest BCUT2D eigenvalue weighted by Crippen LogP contribution is -2.35. The summed E-state index contributed by atoms with van der Waals surface area (Å²) in [7, 11) is 0. The minimum absolute atomic E-state index is 0.371. The summed E-state index contributed by atoms with van der Waals surface area (Å²) in [5.74, 6) is 0. The number of aliphatic hydroxyl groups is 1. The molecule has 0 saturated heterocycles. The van der Waals surface area contributed by atoms with Gasteiger partial charge in [0.05, 0.1) is 0 Å². The van der Waals surface area contributed by atoms with E-state index < -0.39 is 0 Å². The molecule has 14 heavy (non-hydrogen) atoms. The maximum Gasteiger partial charge on any atom is 0.147 e. The maximum atomic E-state index is 9.92. The van der Waals surface area contributed by atoms with Gasteiger partial charge < -0.3 is 10.4 Å². The second-order valence-corrected chi connectivity index (χ2v) is 4.57. The van der Waals surface area contributed by atoms with Crippen LogP contribution in [0.4, 0.5) is 0 Å². The minimum Gasteiger partial charge on any atom is -0.370 e. The Kier molecular flexibility index (Phi) is 1.91. The lowest BCUT2D eigenvalue weighted by Gasteiger charge is -2.31. The molecule has 1 atom stereocenters. The number of hydrogen-bond acceptors (Lipinski definition) is 2. The molecule has 0 fully saturated rings. The first-order chi connectivity index (χ1) is 6.86. The van der Waals surface area contributed by atoms with Gasteiger partial charge in [0, 0.05) is 5.70 Å². The monoisotopic (exact) mass is 191 g/mol. The summed E-state index contributed by atoms with van der Waals surface area (Å²) in [5.41, 5.74) is 5.68. The van der Waals surface area contributed by atoms with Crippen LogP contribution in [0.3, 0.4) is 0 Å². The van der Waals surface area contributed by atoms with Crippen LogP contribution >= 0.6 is 0 Å². The van der Waals surface area contributed by atoms with E-state index in [9.17, 15) is 5.11 Å². The summed E-state index contributed by atoms with van der Waals surface area (Å²) >= 11 is 0. The van der Waals surface area contributed by atoms with E-state index in [-0.39, 0.29) is 6.23 Å². The summed E-state index contributed by atoms with van der Waals surface area (Å²) in [5, 5.41) is 13.2. The van der Waals surface area contributed by atoms with Crippen molar-refractivity contribution in [3.63, 3.8) is 0 Å². The predicted molar refractivity (Wildman–Crippen MR) is 55.5 cm³/mol. The first kappa shape index (κ1) is 8.54. The topological polar surface area (TPSA) is 32.3 Å². The second kappa shape index (κ2) is 3.13. The van der Waals surface area contributed by atoms with Gasteiger partial charge >= 0.3 is 0 Å². The molecule has 0 radical (unpaired) electrons. The van der Waals surface area contributed by atoms with Crippen molar-refractivity contribution in [2.24, 2.45) is 0 Å². The van der Waals surface area contributed by atoms with Gasteiger partial charge in [0.2, 0.25) is 0 Å². The van der Waals surface area contributed by atoms with Gasteiger partial charge in [-0.25, -0.2) is 0 Å². The first-order valence-corrected chi connectivity index (χ1v) is 5.75. The zero-order chi connectivity index (χ0) is 9.54. The molecule has 0 aromatic rings. The van der Waals surface area contributed by atoms with Crippen LogP contribution in [0.2, 0.25) is 0 Å². The van der Waals surface area contributed by atoms with Gasteiger partial charge in [-0.2, -0.15) is 0 Å². The van der Waals surface area contributed by atoms with Crippen LogP contribution in [0.15, 0.2) is 22.4 Å². The summed E-state index contributed by atoms with van der Waals surface area (Å²) < 4.78 is 0. The van der Waals surface area contributed by atoms with Gasteiger partial charge in [0.15, 0.2) is 0 Å². The smallest absolute Gasteiger partial charge is 0.147 e. The van der Waals surface area contributed by atoms with Crippen molar-refractivity contribution >= 4 is 0 Å². The molecule has 2 nitrogen and oxygen atoms in total. The van der Waals surface area contributed by atoms with Crippen molar-refractivity contribution in [2.45, 2.75) is 51.2 Å². The number of fused-ring (bicyclic) bond motifs is 1. The van der Waals surface area contributed by atoms with Crippen molar-refractivity contribution < 1.29 is 5.11 Å². The van der Waals surface area contributed by atoms with Crippen LogP contribution in [-0.4, -0.2) is 11.3 Å². The SMILES string of the molecule is OC1NC2=C(CCCC2)C2=C1CCC2. The van der Waals surface area contributed by atoms with Crippen molar-refractivity contribution in [1.29, 1.82) is 0 Å². The third-order valence-electron chi connectivity index (χ3n) is 3.73. The van der Waals surface area contributed by atoms with E-state index in [0.717, 1.165) is 12.8 Å². The predicted octanol–water partition coefficient (Wildman–Crippen LogP) is 2.22. The highest BCUT2D eigenvalue weighted by molar-refractivity contribution is 5.46. The van der Waals surface area contributed by atoms with Gasteiger partial charge in [-0.05, 0) is 61.7 Å². The molecule has 1 heterocycles. The van der Waals surface area contributed by atoms with E-state index in [4.69, 9.17) is 0 Å². The number of rotatable bonds is 0.